The molecule has 0 unspecified atom stereocenters. The van der Waals surface area contributed by atoms with Crippen LogP contribution in [-0.4, -0.2) is 16.8 Å². The number of rotatable bonds is 8. The molecule has 0 aromatic heterocycles. The molecular formula is C25H27NO2S2. The molecule has 1 aliphatic rings. The van der Waals surface area contributed by atoms with E-state index in [-0.39, 0.29) is 5.75 Å². The minimum absolute atomic E-state index is 0.266. The summed E-state index contributed by atoms with van der Waals surface area (Å²) in [5.41, 5.74) is 2.27. The number of hydrogen-bond acceptors (Lipinski definition) is 5. The van der Waals surface area contributed by atoms with Crippen molar-refractivity contribution < 1.29 is 10.2 Å². The fraction of sp³-hybridized carbons (Fsp3) is 0.200. The molecule has 1 aliphatic heterocycles. The van der Waals surface area contributed by atoms with Crippen LogP contribution in [0.5, 0.6) is 11.5 Å². The zero-order chi connectivity index (χ0) is 21.5. The molecule has 1 heterocycles. The number of phenols is 2. The van der Waals surface area contributed by atoms with Gasteiger partial charge < -0.3 is 15.1 Å². The summed E-state index contributed by atoms with van der Waals surface area (Å²) in [6.45, 7) is 9.26. The zero-order valence-electron chi connectivity index (χ0n) is 17.3. The Morgan fingerprint density at radius 2 is 1.87 bits per heavy atom. The van der Waals surface area contributed by atoms with E-state index < -0.39 is 0 Å². The second-order valence-electron chi connectivity index (χ2n) is 7.03. The highest BCUT2D eigenvalue weighted by Crippen LogP contribution is 2.47. The van der Waals surface area contributed by atoms with Gasteiger partial charge in [0.2, 0.25) is 0 Å². The third-order valence-corrected chi connectivity index (χ3v) is 6.78. The topological polar surface area (TPSA) is 43.7 Å². The van der Waals surface area contributed by atoms with Gasteiger partial charge >= 0.3 is 0 Å². The van der Waals surface area contributed by atoms with Gasteiger partial charge in [0.05, 0.1) is 10.7 Å². The van der Waals surface area contributed by atoms with Crippen molar-refractivity contribution >= 4 is 29.2 Å². The third-order valence-electron chi connectivity index (χ3n) is 4.61. The van der Waals surface area contributed by atoms with Crippen LogP contribution in [0.3, 0.4) is 0 Å². The largest absolute Gasteiger partial charge is 0.508 e. The number of aromatic hydroxyl groups is 2. The number of anilines is 1. The lowest BCUT2D eigenvalue weighted by Crippen LogP contribution is -2.18. The van der Waals surface area contributed by atoms with E-state index in [1.807, 2.05) is 49.4 Å². The molecule has 0 atom stereocenters. The highest BCUT2D eigenvalue weighted by molar-refractivity contribution is 8.03. The van der Waals surface area contributed by atoms with E-state index in [9.17, 15) is 10.2 Å². The van der Waals surface area contributed by atoms with Gasteiger partial charge in [-0.05, 0) is 61.4 Å². The molecule has 0 bridgehead atoms. The predicted molar refractivity (Wildman–Crippen MR) is 130 cm³/mol. The molecule has 0 radical (unpaired) electrons. The molecule has 0 spiro atoms. The number of phenolic OH excluding ortho intramolecular Hbond substituents is 2. The first kappa shape index (κ1) is 22.2. The summed E-state index contributed by atoms with van der Waals surface area (Å²) in [6.07, 6.45) is 12.3. The highest BCUT2D eigenvalue weighted by atomic mass is 32.2. The first-order valence-electron chi connectivity index (χ1n) is 9.97. The van der Waals surface area contributed by atoms with Crippen LogP contribution in [0.1, 0.15) is 25.3 Å². The van der Waals surface area contributed by atoms with Crippen molar-refractivity contribution in [3.05, 3.63) is 88.9 Å². The number of nitrogens with zero attached hydrogens (tertiary/aromatic N) is 1. The van der Waals surface area contributed by atoms with E-state index in [2.05, 4.69) is 24.5 Å². The molecule has 30 heavy (non-hydrogen) atoms. The van der Waals surface area contributed by atoms with Gasteiger partial charge in [0.15, 0.2) is 0 Å². The molecule has 3 rings (SSSR count). The normalized spacial score (nSPS) is 14.9. The highest BCUT2D eigenvalue weighted by Gasteiger charge is 2.24. The van der Waals surface area contributed by atoms with Crippen molar-refractivity contribution in [1.82, 2.24) is 0 Å². The van der Waals surface area contributed by atoms with Gasteiger partial charge in [0.1, 0.15) is 11.5 Å². The van der Waals surface area contributed by atoms with E-state index >= 15 is 0 Å². The lowest BCUT2D eigenvalue weighted by atomic mass is 10.2. The van der Waals surface area contributed by atoms with Crippen LogP contribution in [0.15, 0.2) is 93.1 Å². The van der Waals surface area contributed by atoms with E-state index in [0.29, 0.717) is 5.75 Å². The van der Waals surface area contributed by atoms with Crippen LogP contribution >= 0.6 is 23.5 Å². The number of allylic oxidation sites excluding steroid dienone is 5. The van der Waals surface area contributed by atoms with E-state index in [1.54, 1.807) is 41.7 Å². The SMILES string of the molecule is C=C(/C=C/C=C/C=C1\Sc2cc(O)ccc2N1CCCC)Sc1cc(O)ccc1C. The summed E-state index contributed by atoms with van der Waals surface area (Å²) in [5, 5.41) is 20.6. The Morgan fingerprint density at radius 1 is 1.10 bits per heavy atom. The van der Waals surface area contributed by atoms with Gasteiger partial charge in [-0.25, -0.2) is 0 Å². The number of unbranched alkanes of at least 4 members (excludes halogenated alkanes) is 1. The molecule has 2 aromatic rings. The Morgan fingerprint density at radius 3 is 2.67 bits per heavy atom. The predicted octanol–water partition coefficient (Wildman–Crippen LogP) is 7.38. The van der Waals surface area contributed by atoms with Crippen LogP contribution in [0.4, 0.5) is 5.69 Å². The van der Waals surface area contributed by atoms with Crippen molar-refractivity contribution in [1.29, 1.82) is 0 Å². The summed E-state index contributed by atoms with van der Waals surface area (Å²) in [5.74, 6) is 0.566. The van der Waals surface area contributed by atoms with Gasteiger partial charge in [-0.3, -0.25) is 0 Å². The molecule has 0 saturated heterocycles. The maximum atomic E-state index is 9.78. The summed E-state index contributed by atoms with van der Waals surface area (Å²) in [6, 6.07) is 10.9. The first-order chi connectivity index (χ1) is 14.5. The Hall–Kier alpha value is -2.50. The third kappa shape index (κ3) is 5.77. The lowest BCUT2D eigenvalue weighted by molar-refractivity contribution is 0.473. The Bertz CT molecular complexity index is 1010. The van der Waals surface area contributed by atoms with Crippen LogP contribution < -0.4 is 4.90 Å². The van der Waals surface area contributed by atoms with Crippen molar-refractivity contribution in [2.45, 2.75) is 36.5 Å². The molecule has 2 N–H and O–H groups in total. The monoisotopic (exact) mass is 437 g/mol. The smallest absolute Gasteiger partial charge is 0.116 e. The van der Waals surface area contributed by atoms with Gasteiger partial charge in [0, 0.05) is 21.2 Å². The van der Waals surface area contributed by atoms with Crippen molar-refractivity contribution in [2.24, 2.45) is 0 Å². The van der Waals surface area contributed by atoms with Crippen LogP contribution in [0, 0.1) is 6.92 Å². The number of benzene rings is 2. The maximum Gasteiger partial charge on any atom is 0.116 e. The van der Waals surface area contributed by atoms with Crippen molar-refractivity contribution in [2.75, 3.05) is 11.4 Å². The van der Waals surface area contributed by atoms with Crippen molar-refractivity contribution in [3.8, 4) is 11.5 Å². The standard InChI is InChI=1S/C25H27NO2S2/c1-4-5-15-26-22-14-13-21(28)17-24(22)30-25(26)10-8-6-7-9-19(3)29-23-16-20(27)12-11-18(23)2/h6-14,16-17,27-28H,3-5,15H2,1-2H3/b8-6+,9-7+,25-10-. The summed E-state index contributed by atoms with van der Waals surface area (Å²) >= 11 is 3.23. The molecule has 0 fully saturated rings. The number of hydrogen-bond donors (Lipinski definition) is 2. The summed E-state index contributed by atoms with van der Waals surface area (Å²) in [7, 11) is 0. The van der Waals surface area contributed by atoms with Crippen LogP contribution in [0.2, 0.25) is 0 Å². The number of aryl methyl sites for hydroxylation is 1. The number of fused-ring (bicyclic) bond motifs is 1. The molecule has 2 aromatic carbocycles. The zero-order valence-corrected chi connectivity index (χ0v) is 19.0. The quantitative estimate of drug-likeness (QED) is 0.333. The van der Waals surface area contributed by atoms with Gasteiger partial charge in [-0.2, -0.15) is 0 Å². The fourth-order valence-electron chi connectivity index (χ4n) is 3.00. The first-order valence-corrected chi connectivity index (χ1v) is 11.6. The Labute approximate surface area is 187 Å². The van der Waals surface area contributed by atoms with E-state index in [1.165, 1.54) is 0 Å². The molecular weight excluding hydrogens is 410 g/mol. The molecule has 156 valence electrons. The van der Waals surface area contributed by atoms with Gasteiger partial charge in [0.25, 0.3) is 0 Å². The summed E-state index contributed by atoms with van der Waals surface area (Å²) in [4.78, 5) is 5.32. The second-order valence-corrected chi connectivity index (χ2v) is 9.26. The molecule has 0 amide bonds. The average molecular weight is 438 g/mol. The average Bonchev–Trinajstić information content (AvgIpc) is 3.05. The molecule has 0 aliphatic carbocycles. The maximum absolute atomic E-state index is 9.78. The fourth-order valence-corrected chi connectivity index (χ4v) is 4.98. The summed E-state index contributed by atoms with van der Waals surface area (Å²) < 4.78 is 0. The van der Waals surface area contributed by atoms with Gasteiger partial charge in [-0.1, -0.05) is 67.7 Å². The Kier molecular flexibility index (Phi) is 7.77. The number of thioether (sulfide) groups is 2. The molecule has 0 saturated carbocycles. The minimum atomic E-state index is 0.266. The Balaban J connectivity index is 1.64. The molecule has 5 heteroatoms. The van der Waals surface area contributed by atoms with Crippen LogP contribution in [0.25, 0.3) is 0 Å². The minimum Gasteiger partial charge on any atom is -0.508 e. The van der Waals surface area contributed by atoms with Crippen molar-refractivity contribution in [3.63, 3.8) is 0 Å². The van der Waals surface area contributed by atoms with E-state index in [0.717, 1.165) is 50.4 Å². The van der Waals surface area contributed by atoms with Crippen LogP contribution in [-0.2, 0) is 0 Å². The van der Waals surface area contributed by atoms with E-state index in [4.69, 9.17) is 0 Å². The molecule has 3 nitrogen and oxygen atoms in total. The van der Waals surface area contributed by atoms with Gasteiger partial charge in [-0.15, -0.1) is 0 Å². The lowest BCUT2D eigenvalue weighted by Gasteiger charge is -2.19. The second kappa shape index (κ2) is 10.5.